The standard InChI is InChI=1S/C26H24BrN7O4S/c1-16-8-10-20(11-9-16)28-15-23-30-32-26(33(23)21-6-4-3-5-7-21)39-17(2)25(36)31-29-14-18-12-19(27)13-22(24(18)35)34(37)38/h3-14,17,28,35H,15H2,1-2H3,(H,31,36)/b29-14-/t17-/m1/s1. The smallest absolute Gasteiger partial charge is 0.312 e. The van der Waals surface area contributed by atoms with Gasteiger partial charge in [-0.05, 0) is 44.2 Å². The summed E-state index contributed by atoms with van der Waals surface area (Å²) in [4.78, 5) is 23.2. The topological polar surface area (TPSA) is 148 Å². The van der Waals surface area contributed by atoms with E-state index in [1.165, 1.54) is 23.9 Å². The molecule has 0 fully saturated rings. The van der Waals surface area contributed by atoms with Crippen LogP contribution in [-0.2, 0) is 11.3 Å². The molecule has 3 N–H and O–H groups in total. The fourth-order valence-corrected chi connectivity index (χ4v) is 4.83. The molecule has 0 aliphatic heterocycles. The molecule has 4 rings (SSSR count). The molecule has 0 saturated heterocycles. The number of nitrogens with one attached hydrogen (secondary N) is 2. The summed E-state index contributed by atoms with van der Waals surface area (Å²) in [6, 6.07) is 20.3. The zero-order chi connectivity index (χ0) is 27.9. The molecule has 0 saturated carbocycles. The molecule has 1 aromatic heterocycles. The van der Waals surface area contributed by atoms with E-state index in [-0.39, 0.29) is 5.56 Å². The lowest BCUT2D eigenvalue weighted by Gasteiger charge is -2.13. The minimum atomic E-state index is -0.706. The van der Waals surface area contributed by atoms with Crippen LogP contribution in [0.3, 0.4) is 0 Å². The summed E-state index contributed by atoms with van der Waals surface area (Å²) in [5.41, 5.74) is 4.97. The first-order valence-corrected chi connectivity index (χ1v) is 13.4. The molecular formula is C26H24BrN7O4S. The molecular weight excluding hydrogens is 586 g/mol. The van der Waals surface area contributed by atoms with E-state index in [4.69, 9.17) is 0 Å². The Balaban J connectivity index is 1.48. The summed E-state index contributed by atoms with van der Waals surface area (Å²) in [6.45, 7) is 4.14. The number of carbonyl (C=O) groups is 1. The van der Waals surface area contributed by atoms with Crippen molar-refractivity contribution in [1.82, 2.24) is 20.2 Å². The van der Waals surface area contributed by atoms with Crippen LogP contribution in [0.1, 0.15) is 23.9 Å². The van der Waals surface area contributed by atoms with E-state index in [0.717, 1.165) is 23.2 Å². The number of amides is 1. The van der Waals surface area contributed by atoms with Gasteiger partial charge in [-0.25, -0.2) is 5.43 Å². The second-order valence-corrected chi connectivity index (χ2v) is 10.6. The highest BCUT2D eigenvalue weighted by Crippen LogP contribution is 2.32. The van der Waals surface area contributed by atoms with Gasteiger partial charge in [-0.1, -0.05) is 63.6 Å². The summed E-state index contributed by atoms with van der Waals surface area (Å²) in [7, 11) is 0. The van der Waals surface area contributed by atoms with Crippen molar-refractivity contribution in [1.29, 1.82) is 0 Å². The van der Waals surface area contributed by atoms with E-state index in [1.54, 1.807) is 6.92 Å². The van der Waals surface area contributed by atoms with Gasteiger partial charge >= 0.3 is 5.69 Å². The van der Waals surface area contributed by atoms with Crippen molar-refractivity contribution in [3.63, 3.8) is 0 Å². The molecule has 1 amide bonds. The van der Waals surface area contributed by atoms with Gasteiger partial charge < -0.3 is 10.4 Å². The van der Waals surface area contributed by atoms with Gasteiger partial charge in [-0.3, -0.25) is 19.5 Å². The third-order valence-electron chi connectivity index (χ3n) is 5.53. The average molecular weight is 610 g/mol. The van der Waals surface area contributed by atoms with E-state index in [1.807, 2.05) is 66.1 Å². The highest BCUT2D eigenvalue weighted by atomic mass is 79.9. The SMILES string of the molecule is Cc1ccc(NCc2nnc(S[C@H](C)C(=O)N/N=C\c3cc(Br)cc([N+](=O)[O-])c3O)n2-c2ccccc2)cc1. The molecule has 0 unspecified atom stereocenters. The van der Waals surface area contributed by atoms with Gasteiger partial charge in [0.15, 0.2) is 11.0 Å². The first kappa shape index (κ1) is 27.8. The molecule has 1 heterocycles. The first-order valence-electron chi connectivity index (χ1n) is 11.7. The number of carbonyl (C=O) groups excluding carboxylic acids is 1. The van der Waals surface area contributed by atoms with Crippen LogP contribution >= 0.6 is 27.7 Å². The number of rotatable bonds is 10. The number of thioether (sulfide) groups is 1. The maximum atomic E-state index is 12.8. The van der Waals surface area contributed by atoms with E-state index in [9.17, 15) is 20.0 Å². The molecule has 0 bridgehead atoms. The molecule has 4 aromatic rings. The van der Waals surface area contributed by atoms with Crippen LogP contribution in [-0.4, -0.2) is 42.2 Å². The average Bonchev–Trinajstić information content (AvgIpc) is 3.32. The summed E-state index contributed by atoms with van der Waals surface area (Å²) in [5.74, 6) is -0.310. The van der Waals surface area contributed by atoms with Crippen LogP contribution in [0.2, 0.25) is 0 Å². The highest BCUT2D eigenvalue weighted by Gasteiger charge is 2.22. The van der Waals surface area contributed by atoms with E-state index in [0.29, 0.717) is 22.0 Å². The zero-order valence-corrected chi connectivity index (χ0v) is 23.3. The number of halogens is 1. The summed E-state index contributed by atoms with van der Waals surface area (Å²) < 4.78 is 2.27. The maximum Gasteiger partial charge on any atom is 0.312 e. The van der Waals surface area contributed by atoms with Gasteiger partial charge in [0.2, 0.25) is 5.75 Å². The number of aryl methyl sites for hydroxylation is 1. The fraction of sp³-hybridized carbons (Fsp3) is 0.154. The second-order valence-electron chi connectivity index (χ2n) is 8.40. The van der Waals surface area contributed by atoms with Crippen molar-refractivity contribution in [3.8, 4) is 11.4 Å². The van der Waals surface area contributed by atoms with Gasteiger partial charge in [-0.15, -0.1) is 10.2 Å². The number of phenols is 1. The molecule has 1 atom stereocenters. The number of para-hydroxylation sites is 1. The van der Waals surface area contributed by atoms with Crippen LogP contribution < -0.4 is 10.7 Å². The number of anilines is 1. The normalized spacial score (nSPS) is 11.9. The molecule has 0 radical (unpaired) electrons. The lowest BCUT2D eigenvalue weighted by atomic mass is 10.2. The van der Waals surface area contributed by atoms with Gasteiger partial charge in [0.05, 0.1) is 22.9 Å². The van der Waals surface area contributed by atoms with Crippen LogP contribution in [0.15, 0.2) is 81.5 Å². The molecule has 13 heteroatoms. The van der Waals surface area contributed by atoms with Gasteiger partial charge in [0.25, 0.3) is 5.91 Å². The van der Waals surface area contributed by atoms with E-state index < -0.39 is 27.5 Å². The molecule has 0 aliphatic carbocycles. The summed E-state index contributed by atoms with van der Waals surface area (Å²) >= 11 is 4.37. The molecule has 11 nitrogen and oxygen atoms in total. The van der Waals surface area contributed by atoms with Crippen molar-refractivity contribution in [3.05, 3.63) is 98.3 Å². The number of benzene rings is 3. The minimum Gasteiger partial charge on any atom is -0.502 e. The number of nitrogens with zero attached hydrogens (tertiary/aromatic N) is 5. The molecule has 3 aromatic carbocycles. The lowest BCUT2D eigenvalue weighted by molar-refractivity contribution is -0.385. The number of aromatic nitrogens is 3. The first-order chi connectivity index (χ1) is 18.7. The number of hydrogen-bond donors (Lipinski definition) is 3. The van der Waals surface area contributed by atoms with Gasteiger partial charge in [0.1, 0.15) is 0 Å². The Morgan fingerprint density at radius 3 is 2.62 bits per heavy atom. The van der Waals surface area contributed by atoms with Gasteiger partial charge in [0, 0.05) is 27.5 Å². The predicted molar refractivity (Wildman–Crippen MR) is 153 cm³/mol. The fourth-order valence-electron chi connectivity index (χ4n) is 3.49. The number of aromatic hydroxyl groups is 1. The monoisotopic (exact) mass is 609 g/mol. The number of nitro benzene ring substituents is 1. The molecule has 0 spiro atoms. The summed E-state index contributed by atoms with van der Waals surface area (Å²) in [6.07, 6.45) is 1.14. The quantitative estimate of drug-likeness (QED) is 0.0962. The Morgan fingerprint density at radius 2 is 1.92 bits per heavy atom. The van der Waals surface area contributed by atoms with E-state index >= 15 is 0 Å². The number of hydrogen-bond acceptors (Lipinski definition) is 9. The Bertz CT molecular complexity index is 1510. The Labute approximate surface area is 236 Å². The largest absolute Gasteiger partial charge is 0.502 e. The Hall–Kier alpha value is -4.23. The maximum absolute atomic E-state index is 12.8. The third-order valence-corrected chi connectivity index (χ3v) is 7.03. The number of hydrazone groups is 1. The number of nitro groups is 1. The van der Waals surface area contributed by atoms with Crippen LogP contribution in [0.25, 0.3) is 5.69 Å². The molecule has 0 aliphatic rings. The molecule has 39 heavy (non-hydrogen) atoms. The Kier molecular flexibility index (Phi) is 8.94. The van der Waals surface area contributed by atoms with Crippen molar-refractivity contribution >= 4 is 51.2 Å². The van der Waals surface area contributed by atoms with Crippen molar-refractivity contribution in [2.75, 3.05) is 5.32 Å². The zero-order valence-electron chi connectivity index (χ0n) is 20.9. The highest BCUT2D eigenvalue weighted by molar-refractivity contribution is 9.10. The van der Waals surface area contributed by atoms with Crippen molar-refractivity contribution in [2.45, 2.75) is 30.8 Å². The lowest BCUT2D eigenvalue weighted by Crippen LogP contribution is -2.27. The predicted octanol–water partition coefficient (Wildman–Crippen LogP) is 5.20. The van der Waals surface area contributed by atoms with Crippen LogP contribution in [0, 0.1) is 17.0 Å². The van der Waals surface area contributed by atoms with E-state index in [2.05, 4.69) is 42.0 Å². The third kappa shape index (κ3) is 7.00. The molecule has 200 valence electrons. The summed E-state index contributed by atoms with van der Waals surface area (Å²) in [5, 5.41) is 37.1. The Morgan fingerprint density at radius 1 is 1.21 bits per heavy atom. The van der Waals surface area contributed by atoms with Crippen molar-refractivity contribution < 1.29 is 14.8 Å². The minimum absolute atomic E-state index is 0.0752. The van der Waals surface area contributed by atoms with Gasteiger partial charge in [-0.2, -0.15) is 5.10 Å². The van der Waals surface area contributed by atoms with Crippen LogP contribution in [0.5, 0.6) is 5.75 Å². The number of phenolic OH excluding ortho intramolecular Hbond substituents is 1. The van der Waals surface area contributed by atoms with Crippen molar-refractivity contribution in [2.24, 2.45) is 5.10 Å². The van der Waals surface area contributed by atoms with Crippen LogP contribution in [0.4, 0.5) is 11.4 Å². The second kappa shape index (κ2) is 12.5.